The summed E-state index contributed by atoms with van der Waals surface area (Å²) in [4.78, 5) is 24.8. The van der Waals surface area contributed by atoms with Gasteiger partial charge in [0.05, 0.1) is 29.9 Å². The quantitative estimate of drug-likeness (QED) is 0.209. The second-order valence-corrected chi connectivity index (χ2v) is 13.1. The third-order valence-electron chi connectivity index (χ3n) is 6.81. The Kier molecular flexibility index (Phi) is 9.17. The van der Waals surface area contributed by atoms with Crippen LogP contribution in [0, 0.1) is 0 Å². The van der Waals surface area contributed by atoms with Crippen LogP contribution in [0.1, 0.15) is 29.8 Å². The van der Waals surface area contributed by atoms with E-state index in [0.717, 1.165) is 5.56 Å². The lowest BCUT2D eigenvalue weighted by atomic mass is 10.1. The van der Waals surface area contributed by atoms with E-state index in [9.17, 15) is 18.0 Å². The third-order valence-corrected chi connectivity index (χ3v) is 9.79. The van der Waals surface area contributed by atoms with Crippen LogP contribution < -0.4 is 5.32 Å². The first-order valence-electron chi connectivity index (χ1n) is 13.5. The molecule has 1 aliphatic heterocycles. The molecule has 4 aromatic rings. The van der Waals surface area contributed by atoms with E-state index >= 15 is 0 Å². The molecule has 0 bridgehead atoms. The smallest absolute Gasteiger partial charge is 0.243 e. The molecule has 1 amide bonds. The number of benzene rings is 3. The minimum Gasteiger partial charge on any atom is -0.379 e. The zero-order chi connectivity index (χ0) is 29.7. The number of thioether (sulfide) groups is 1. The lowest BCUT2D eigenvalue weighted by molar-refractivity contribution is -0.115. The van der Waals surface area contributed by atoms with Crippen LogP contribution in [0.3, 0.4) is 0 Å². The summed E-state index contributed by atoms with van der Waals surface area (Å²) in [7, 11) is -3.71. The largest absolute Gasteiger partial charge is 0.379 e. The number of Topliss-reactive ketones (excluding diaryl/α,β-unsaturated/α-hetero) is 1. The molecule has 1 aromatic heterocycles. The standard InChI is InChI=1S/C30H31N5O5S2/c1-21(36)24-11-13-26(14-12-24)31-29(37)22(2)41-30-33-32-28(35(30)20-23-7-4-3-5-8-23)25-9-6-10-27(19-25)42(38,39)34-15-17-40-18-16-34/h3-14,19,22H,15-18,20H2,1-2H3,(H,31,37)/t22-/m1/s1. The highest BCUT2D eigenvalue weighted by atomic mass is 32.2. The van der Waals surface area contributed by atoms with E-state index in [-0.39, 0.29) is 16.6 Å². The van der Waals surface area contributed by atoms with Crippen LogP contribution >= 0.6 is 11.8 Å². The highest BCUT2D eigenvalue weighted by Crippen LogP contribution is 2.30. The number of hydrogen-bond acceptors (Lipinski definition) is 8. The summed E-state index contributed by atoms with van der Waals surface area (Å²) in [6, 6.07) is 23.2. The molecule has 0 saturated carbocycles. The molecule has 1 saturated heterocycles. The van der Waals surface area contributed by atoms with E-state index in [0.29, 0.717) is 60.6 Å². The second kappa shape index (κ2) is 13.0. The zero-order valence-electron chi connectivity index (χ0n) is 23.3. The van der Waals surface area contributed by atoms with Crippen LogP contribution in [0.4, 0.5) is 5.69 Å². The highest BCUT2D eigenvalue weighted by Gasteiger charge is 2.27. The molecule has 1 fully saturated rings. The Labute approximate surface area is 249 Å². The van der Waals surface area contributed by atoms with Crippen molar-refractivity contribution in [3.63, 3.8) is 0 Å². The maximum atomic E-state index is 13.3. The minimum atomic E-state index is -3.71. The summed E-state index contributed by atoms with van der Waals surface area (Å²) in [6.07, 6.45) is 0. The molecule has 3 aromatic carbocycles. The van der Waals surface area contributed by atoms with Gasteiger partial charge in [-0.25, -0.2) is 8.42 Å². The number of hydrogen-bond donors (Lipinski definition) is 1. The predicted molar refractivity (Wildman–Crippen MR) is 161 cm³/mol. The van der Waals surface area contributed by atoms with Gasteiger partial charge in [-0.2, -0.15) is 4.31 Å². The summed E-state index contributed by atoms with van der Waals surface area (Å²) in [5.41, 5.74) is 2.75. The maximum Gasteiger partial charge on any atom is 0.243 e. The molecule has 0 radical (unpaired) electrons. The van der Waals surface area contributed by atoms with Crippen molar-refractivity contribution in [2.45, 2.75) is 35.7 Å². The van der Waals surface area contributed by atoms with Crippen LogP contribution in [0.2, 0.25) is 0 Å². The molecule has 12 heteroatoms. The molecule has 42 heavy (non-hydrogen) atoms. The van der Waals surface area contributed by atoms with Crippen molar-refractivity contribution in [1.29, 1.82) is 0 Å². The van der Waals surface area contributed by atoms with E-state index in [4.69, 9.17) is 4.74 Å². The van der Waals surface area contributed by atoms with Crippen LogP contribution in [0.25, 0.3) is 11.4 Å². The number of carbonyl (C=O) groups is 2. The second-order valence-electron chi connectivity index (χ2n) is 9.81. The van der Waals surface area contributed by atoms with Crippen LogP contribution in [0.5, 0.6) is 0 Å². The molecule has 10 nitrogen and oxygen atoms in total. The molecule has 0 spiro atoms. The molecule has 1 aliphatic rings. The van der Waals surface area contributed by atoms with Crippen LogP contribution in [0.15, 0.2) is 88.9 Å². The number of carbonyl (C=O) groups excluding carboxylic acids is 2. The molecule has 2 heterocycles. The number of rotatable bonds is 10. The fourth-order valence-electron chi connectivity index (χ4n) is 4.47. The number of nitrogens with one attached hydrogen (secondary N) is 1. The van der Waals surface area contributed by atoms with Crippen LogP contribution in [-0.2, 0) is 26.1 Å². The average Bonchev–Trinajstić information content (AvgIpc) is 3.39. The first-order chi connectivity index (χ1) is 20.2. The predicted octanol–water partition coefficient (Wildman–Crippen LogP) is 4.34. The number of sulfonamides is 1. The van der Waals surface area contributed by atoms with Gasteiger partial charge in [-0.05, 0) is 55.8 Å². The van der Waals surface area contributed by atoms with E-state index < -0.39 is 15.3 Å². The van der Waals surface area contributed by atoms with Gasteiger partial charge in [-0.15, -0.1) is 10.2 Å². The maximum absolute atomic E-state index is 13.3. The number of anilines is 1. The highest BCUT2D eigenvalue weighted by molar-refractivity contribution is 8.00. The van der Waals surface area contributed by atoms with Gasteiger partial charge in [-0.3, -0.25) is 14.2 Å². The van der Waals surface area contributed by atoms with E-state index in [1.54, 1.807) is 55.5 Å². The fraction of sp³-hybridized carbons (Fsp3) is 0.267. The molecular weight excluding hydrogens is 574 g/mol. The summed E-state index contributed by atoms with van der Waals surface area (Å²) in [6.45, 7) is 5.02. The Bertz CT molecular complexity index is 1670. The summed E-state index contributed by atoms with van der Waals surface area (Å²) in [5, 5.41) is 11.7. The first kappa shape index (κ1) is 29.6. The molecule has 218 valence electrons. The van der Waals surface area contributed by atoms with Gasteiger partial charge in [0, 0.05) is 29.9 Å². The lowest BCUT2D eigenvalue weighted by Gasteiger charge is -2.26. The van der Waals surface area contributed by atoms with Gasteiger partial charge >= 0.3 is 0 Å². The van der Waals surface area contributed by atoms with Crippen molar-refractivity contribution >= 4 is 39.2 Å². The third kappa shape index (κ3) is 6.79. The van der Waals surface area contributed by atoms with Crippen LogP contribution in [-0.4, -0.2) is 70.7 Å². The topological polar surface area (TPSA) is 123 Å². The SMILES string of the molecule is CC(=O)c1ccc(NC(=O)[C@@H](C)Sc2nnc(-c3cccc(S(=O)(=O)N4CCOCC4)c3)n2Cc2ccccc2)cc1. The lowest BCUT2D eigenvalue weighted by Crippen LogP contribution is -2.40. The van der Waals surface area contributed by atoms with Gasteiger partial charge < -0.3 is 10.1 Å². The molecule has 0 unspecified atom stereocenters. The monoisotopic (exact) mass is 605 g/mol. The van der Waals surface area contributed by atoms with Crippen molar-refractivity contribution in [2.24, 2.45) is 0 Å². The molecular formula is C30H31N5O5S2. The van der Waals surface area contributed by atoms with E-state index in [1.807, 2.05) is 34.9 Å². The number of nitrogens with zero attached hydrogens (tertiary/aromatic N) is 4. The molecule has 0 aliphatic carbocycles. The molecule has 5 rings (SSSR count). The zero-order valence-corrected chi connectivity index (χ0v) is 24.9. The summed E-state index contributed by atoms with van der Waals surface area (Å²) in [5.74, 6) is 0.215. The summed E-state index contributed by atoms with van der Waals surface area (Å²) < 4.78 is 35.3. The van der Waals surface area contributed by atoms with E-state index in [2.05, 4.69) is 15.5 Å². The first-order valence-corrected chi connectivity index (χ1v) is 15.8. The van der Waals surface area contributed by atoms with Gasteiger partial charge in [-0.1, -0.05) is 54.2 Å². The van der Waals surface area contributed by atoms with Crippen molar-refractivity contribution in [2.75, 3.05) is 31.6 Å². The van der Waals surface area contributed by atoms with Crippen molar-refractivity contribution in [1.82, 2.24) is 19.1 Å². The van der Waals surface area contributed by atoms with Gasteiger partial charge in [0.2, 0.25) is 15.9 Å². The van der Waals surface area contributed by atoms with Gasteiger partial charge in [0.25, 0.3) is 0 Å². The summed E-state index contributed by atoms with van der Waals surface area (Å²) >= 11 is 1.26. The van der Waals surface area contributed by atoms with Gasteiger partial charge in [0.1, 0.15) is 0 Å². The number of ketones is 1. The Morgan fingerprint density at radius 3 is 2.38 bits per heavy atom. The molecule has 1 N–H and O–H groups in total. The van der Waals surface area contributed by atoms with Crippen molar-refractivity contribution in [3.05, 3.63) is 90.0 Å². The Balaban J connectivity index is 1.42. The van der Waals surface area contributed by atoms with Gasteiger partial charge in [0.15, 0.2) is 16.8 Å². The molecule has 1 atom stereocenters. The van der Waals surface area contributed by atoms with E-state index in [1.165, 1.54) is 23.0 Å². The Morgan fingerprint density at radius 1 is 0.976 bits per heavy atom. The fourth-order valence-corrected chi connectivity index (χ4v) is 6.78. The normalized spacial score (nSPS) is 14.8. The number of morpholine rings is 1. The number of ether oxygens (including phenoxy) is 1. The average molecular weight is 606 g/mol. The van der Waals surface area contributed by atoms with Crippen molar-refractivity contribution in [3.8, 4) is 11.4 Å². The Morgan fingerprint density at radius 2 is 1.69 bits per heavy atom. The Hall–Kier alpha value is -3.84. The minimum absolute atomic E-state index is 0.0467. The number of amides is 1. The van der Waals surface area contributed by atoms with Crippen molar-refractivity contribution < 1.29 is 22.7 Å². The number of aromatic nitrogens is 3.